The monoisotopic (exact) mass is 450 g/mol. The summed E-state index contributed by atoms with van der Waals surface area (Å²) in [4.78, 5) is 8.93. The predicted octanol–water partition coefficient (Wildman–Crippen LogP) is 6.72. The molecule has 0 atom stereocenters. The van der Waals surface area contributed by atoms with Crippen LogP contribution in [0.4, 0.5) is 29.1 Å². The minimum atomic E-state index is -4.55. The van der Waals surface area contributed by atoms with Gasteiger partial charge in [0.25, 0.3) is 0 Å². The van der Waals surface area contributed by atoms with Gasteiger partial charge in [-0.25, -0.2) is 14.4 Å². The third kappa shape index (κ3) is 3.88. The van der Waals surface area contributed by atoms with E-state index in [1.807, 2.05) is 13.0 Å². The summed E-state index contributed by atoms with van der Waals surface area (Å²) in [5.74, 6) is -0.0200. The number of para-hydroxylation sites is 1. The molecule has 0 spiro atoms. The Labute approximate surface area is 187 Å². The molecule has 4 nitrogen and oxygen atoms in total. The molecule has 0 aliphatic carbocycles. The van der Waals surface area contributed by atoms with Crippen molar-refractivity contribution in [2.24, 2.45) is 0 Å². The SMILES string of the molecule is CC1=C(Nc2nc(-c3ccccc3C(F)(F)F)nc3ccccc23)c2ccc(F)cc2NC1. The van der Waals surface area contributed by atoms with E-state index in [-0.39, 0.29) is 17.2 Å². The van der Waals surface area contributed by atoms with Crippen molar-refractivity contribution in [1.82, 2.24) is 9.97 Å². The second-order valence-corrected chi connectivity index (χ2v) is 7.78. The lowest BCUT2D eigenvalue weighted by Crippen LogP contribution is -2.17. The zero-order valence-corrected chi connectivity index (χ0v) is 17.5. The molecule has 3 aromatic carbocycles. The number of fused-ring (bicyclic) bond motifs is 2. The van der Waals surface area contributed by atoms with Gasteiger partial charge in [0.15, 0.2) is 5.82 Å². The average molecular weight is 450 g/mol. The van der Waals surface area contributed by atoms with Crippen LogP contribution in [0.1, 0.15) is 18.1 Å². The van der Waals surface area contributed by atoms with Crippen molar-refractivity contribution in [3.63, 3.8) is 0 Å². The normalized spacial score (nSPS) is 13.6. The van der Waals surface area contributed by atoms with Crippen LogP contribution >= 0.6 is 0 Å². The number of alkyl halides is 3. The fourth-order valence-corrected chi connectivity index (χ4v) is 3.94. The fourth-order valence-electron chi connectivity index (χ4n) is 3.94. The molecule has 4 aromatic rings. The van der Waals surface area contributed by atoms with Crippen LogP contribution in [-0.4, -0.2) is 16.5 Å². The maximum absolute atomic E-state index is 13.7. The molecular formula is C25H18F4N4. The quantitative estimate of drug-likeness (QED) is 0.340. The van der Waals surface area contributed by atoms with Crippen molar-refractivity contribution in [3.8, 4) is 11.4 Å². The van der Waals surface area contributed by atoms with Crippen molar-refractivity contribution in [1.29, 1.82) is 0 Å². The van der Waals surface area contributed by atoms with Crippen molar-refractivity contribution in [2.75, 3.05) is 17.2 Å². The zero-order chi connectivity index (χ0) is 23.2. The highest BCUT2D eigenvalue weighted by molar-refractivity contribution is 5.96. The molecule has 166 valence electrons. The molecule has 1 aliphatic rings. The highest BCUT2D eigenvalue weighted by Gasteiger charge is 2.34. The molecule has 0 saturated carbocycles. The molecule has 2 heterocycles. The number of anilines is 2. The van der Waals surface area contributed by atoms with Crippen molar-refractivity contribution < 1.29 is 17.6 Å². The van der Waals surface area contributed by atoms with E-state index in [0.29, 0.717) is 29.0 Å². The first-order valence-electron chi connectivity index (χ1n) is 10.3. The second-order valence-electron chi connectivity index (χ2n) is 7.78. The lowest BCUT2D eigenvalue weighted by atomic mass is 10.0. The number of nitrogens with one attached hydrogen (secondary N) is 2. The molecule has 2 N–H and O–H groups in total. The maximum Gasteiger partial charge on any atom is 0.417 e. The molecule has 0 fully saturated rings. The third-order valence-corrected chi connectivity index (χ3v) is 5.54. The Hall–Kier alpha value is -3.94. The molecule has 1 aromatic heterocycles. The van der Waals surface area contributed by atoms with Gasteiger partial charge in [-0.05, 0) is 48.9 Å². The largest absolute Gasteiger partial charge is 0.417 e. The third-order valence-electron chi connectivity index (χ3n) is 5.54. The van der Waals surface area contributed by atoms with Crippen LogP contribution in [0.15, 0.2) is 72.3 Å². The van der Waals surface area contributed by atoms with Crippen LogP contribution in [0.3, 0.4) is 0 Å². The number of aromatic nitrogens is 2. The Balaban J connectivity index is 1.68. The molecule has 0 radical (unpaired) electrons. The predicted molar refractivity (Wildman–Crippen MR) is 121 cm³/mol. The number of nitrogens with zero attached hydrogens (tertiary/aromatic N) is 2. The van der Waals surface area contributed by atoms with Gasteiger partial charge >= 0.3 is 6.18 Å². The minimum absolute atomic E-state index is 0.0318. The molecule has 0 unspecified atom stereocenters. The standard InChI is InChI=1S/C25H18F4N4/c1-14-13-30-21-12-15(26)10-11-17(21)22(14)32-24-18-7-3-5-9-20(18)31-23(33-24)16-6-2-4-8-19(16)25(27,28)29/h2-12,30H,13H2,1H3,(H,31,32,33). The first kappa shape index (κ1) is 20.9. The average Bonchev–Trinajstić information content (AvgIpc) is 2.80. The van der Waals surface area contributed by atoms with E-state index in [2.05, 4.69) is 20.6 Å². The van der Waals surface area contributed by atoms with Gasteiger partial charge in [-0.3, -0.25) is 0 Å². The highest BCUT2D eigenvalue weighted by atomic mass is 19.4. The van der Waals surface area contributed by atoms with Gasteiger partial charge in [0, 0.05) is 34.4 Å². The zero-order valence-electron chi connectivity index (χ0n) is 17.5. The summed E-state index contributed by atoms with van der Waals surface area (Å²) >= 11 is 0. The highest BCUT2D eigenvalue weighted by Crippen LogP contribution is 2.38. The fraction of sp³-hybridized carbons (Fsp3) is 0.120. The number of benzene rings is 3. The molecule has 33 heavy (non-hydrogen) atoms. The van der Waals surface area contributed by atoms with Crippen LogP contribution in [-0.2, 0) is 6.18 Å². The molecule has 5 rings (SSSR count). The van der Waals surface area contributed by atoms with E-state index in [9.17, 15) is 17.6 Å². The summed E-state index contributed by atoms with van der Waals surface area (Å²) < 4.78 is 54.7. The summed E-state index contributed by atoms with van der Waals surface area (Å²) in [6, 6.07) is 16.8. The number of rotatable bonds is 3. The molecule has 0 saturated heterocycles. The Morgan fingerprint density at radius 1 is 0.909 bits per heavy atom. The second kappa shape index (κ2) is 7.88. The van der Waals surface area contributed by atoms with E-state index in [1.165, 1.54) is 30.3 Å². The van der Waals surface area contributed by atoms with Gasteiger partial charge in [-0.15, -0.1) is 0 Å². The van der Waals surface area contributed by atoms with Crippen LogP contribution in [0, 0.1) is 5.82 Å². The molecule has 0 bridgehead atoms. The van der Waals surface area contributed by atoms with Gasteiger partial charge in [0.2, 0.25) is 0 Å². The van der Waals surface area contributed by atoms with Crippen molar-refractivity contribution >= 4 is 28.1 Å². The first-order chi connectivity index (χ1) is 15.8. The van der Waals surface area contributed by atoms with Crippen molar-refractivity contribution in [2.45, 2.75) is 13.1 Å². The Kier molecular flexibility index (Phi) is 5.00. The molecular weight excluding hydrogens is 432 g/mol. The van der Waals surface area contributed by atoms with Crippen LogP contribution in [0.25, 0.3) is 28.0 Å². The van der Waals surface area contributed by atoms with Gasteiger partial charge in [0.1, 0.15) is 11.6 Å². The van der Waals surface area contributed by atoms with E-state index >= 15 is 0 Å². The topological polar surface area (TPSA) is 49.8 Å². The summed E-state index contributed by atoms with van der Waals surface area (Å²) in [5, 5.41) is 7.13. The van der Waals surface area contributed by atoms with E-state index < -0.39 is 11.7 Å². The lowest BCUT2D eigenvalue weighted by Gasteiger charge is -2.24. The van der Waals surface area contributed by atoms with Gasteiger partial charge < -0.3 is 10.6 Å². The maximum atomic E-state index is 13.7. The summed E-state index contributed by atoms with van der Waals surface area (Å²) in [6.45, 7) is 2.41. The van der Waals surface area contributed by atoms with Gasteiger partial charge in [-0.1, -0.05) is 30.3 Å². The summed E-state index contributed by atoms with van der Waals surface area (Å²) in [7, 11) is 0. The Morgan fingerprint density at radius 3 is 2.48 bits per heavy atom. The summed E-state index contributed by atoms with van der Waals surface area (Å²) in [6.07, 6.45) is -4.55. The molecule has 8 heteroatoms. The Morgan fingerprint density at radius 2 is 1.67 bits per heavy atom. The molecule has 0 amide bonds. The Bertz CT molecular complexity index is 1410. The number of hydrogen-bond acceptors (Lipinski definition) is 4. The van der Waals surface area contributed by atoms with Gasteiger partial charge in [0.05, 0.1) is 11.1 Å². The van der Waals surface area contributed by atoms with Crippen LogP contribution in [0.5, 0.6) is 0 Å². The molecule has 1 aliphatic heterocycles. The van der Waals surface area contributed by atoms with E-state index in [1.54, 1.807) is 24.3 Å². The smallest absolute Gasteiger partial charge is 0.381 e. The van der Waals surface area contributed by atoms with E-state index in [0.717, 1.165) is 22.9 Å². The van der Waals surface area contributed by atoms with Crippen LogP contribution < -0.4 is 10.6 Å². The van der Waals surface area contributed by atoms with Crippen LogP contribution in [0.2, 0.25) is 0 Å². The first-order valence-corrected chi connectivity index (χ1v) is 10.3. The van der Waals surface area contributed by atoms with Gasteiger partial charge in [-0.2, -0.15) is 13.2 Å². The summed E-state index contributed by atoms with van der Waals surface area (Å²) in [5.41, 5.74) is 2.66. The lowest BCUT2D eigenvalue weighted by molar-refractivity contribution is -0.137. The van der Waals surface area contributed by atoms with Crippen molar-refractivity contribution in [3.05, 3.63) is 89.2 Å². The van der Waals surface area contributed by atoms with E-state index in [4.69, 9.17) is 0 Å². The number of halogens is 4. The number of hydrogen-bond donors (Lipinski definition) is 2. The minimum Gasteiger partial charge on any atom is -0.381 e.